The highest BCUT2D eigenvalue weighted by atomic mass is 32.2. The van der Waals surface area contributed by atoms with Gasteiger partial charge in [0, 0.05) is 31.5 Å². The van der Waals surface area contributed by atoms with Crippen molar-refractivity contribution in [3.05, 3.63) is 71.8 Å². The fourth-order valence-corrected chi connectivity index (χ4v) is 13.8. The third-order valence-corrected chi connectivity index (χ3v) is 17.8. The number of carbonyl (C=O) groups is 4. The molecule has 0 aromatic heterocycles. The summed E-state index contributed by atoms with van der Waals surface area (Å²) in [6, 6.07) is 17.3. The van der Waals surface area contributed by atoms with Gasteiger partial charge in [0.2, 0.25) is 17.7 Å². The first-order valence-corrected chi connectivity index (χ1v) is 27.6. The van der Waals surface area contributed by atoms with Gasteiger partial charge < -0.3 is 40.5 Å². The molecule has 0 radical (unpaired) electrons. The second kappa shape index (κ2) is 41.4. The normalized spacial score (nSPS) is 22.7. The van der Waals surface area contributed by atoms with Gasteiger partial charge in [-0.05, 0) is 92.4 Å². The number of likely N-dealkylation sites (N-methyl/N-ethyl adjacent to an activating group) is 1. The van der Waals surface area contributed by atoms with E-state index >= 15 is 0 Å². The second-order valence-corrected chi connectivity index (χ2v) is 23.9. The smallest absolute Gasteiger partial charge is 0.246 e. The standard InChI is InChI=1S/C52H76N6O6S4.10H2S/c1-9-33(2)47(65)55-38-22-26-68-43-30-52(6,7)45(58(43)50(38)62)46(60)54-40(36-20-14-11-15-21-36)32-64-25-17-16-24-63-31-37(35-18-12-10-13-19-35)28-41(59)44-51(4,5)29-42-57(44)49(61)39(23-27-67-42)56-48(66)34(3)53-8;;;;;;;;;;/h10-15,18-21,33-34,37-40,42-45,53H,9,16-17,22-32H2,1-8H3,(H,54,60)(H,55,65)(H,56,66);10*1H2/t33-,34+,37-,38+,39+,40-,42+,43+,44-,45-;;;;;;;;;;/m1........../s1. The highest BCUT2D eigenvalue weighted by Crippen LogP contribution is 2.48. The lowest BCUT2D eigenvalue weighted by Gasteiger charge is -2.35. The molecule has 0 saturated carbocycles. The number of unbranched alkanes of at least 4 members (excludes halogenated alkanes) is 1. The molecule has 454 valence electrons. The van der Waals surface area contributed by atoms with E-state index in [-0.39, 0.29) is 206 Å². The third kappa shape index (κ3) is 23.0. The molecule has 0 spiro atoms. The minimum atomic E-state index is -0.644. The van der Waals surface area contributed by atoms with Crippen molar-refractivity contribution in [2.45, 2.75) is 153 Å². The van der Waals surface area contributed by atoms with Crippen LogP contribution in [0.25, 0.3) is 0 Å². The minimum Gasteiger partial charge on any atom is -0.381 e. The Morgan fingerprint density at radius 1 is 0.667 bits per heavy atom. The molecule has 10 atom stereocenters. The van der Waals surface area contributed by atoms with Crippen LogP contribution in [0.2, 0.25) is 0 Å². The van der Waals surface area contributed by atoms with E-state index in [2.05, 4.69) is 62.8 Å². The number of fused-ring (bicyclic) bond motifs is 2. The Balaban J connectivity index is -0.00000178. The van der Waals surface area contributed by atoms with Gasteiger partial charge in [-0.25, -0.2) is 0 Å². The van der Waals surface area contributed by atoms with Gasteiger partial charge in [-0.1, -0.05) is 127 Å². The molecule has 4 fully saturated rings. The number of nitrogens with one attached hydrogen (secondary N) is 4. The van der Waals surface area contributed by atoms with Gasteiger partial charge in [0.1, 0.15) is 18.1 Å². The average molecular weight is 1350 g/mol. The van der Waals surface area contributed by atoms with Crippen molar-refractivity contribution in [2.24, 2.45) is 16.7 Å². The fourth-order valence-electron chi connectivity index (χ4n) is 10.1. The Morgan fingerprint density at radius 2 is 1.10 bits per heavy atom. The van der Waals surface area contributed by atoms with Crippen molar-refractivity contribution in [1.29, 1.82) is 0 Å². The molecular weight excluding hydrogens is 1250 g/mol. The van der Waals surface area contributed by atoms with Gasteiger partial charge in [-0.2, -0.15) is 135 Å². The van der Waals surface area contributed by atoms with Crippen molar-refractivity contribution in [3.8, 4) is 0 Å². The molecular formula is C52H96N6O6S14. The first-order valence-electron chi connectivity index (χ1n) is 24.7. The van der Waals surface area contributed by atoms with Crippen LogP contribution >= 0.6 is 183 Å². The predicted molar refractivity (Wildman–Crippen MR) is 388 cm³/mol. The van der Waals surface area contributed by atoms with Crippen LogP contribution in [0.1, 0.15) is 123 Å². The van der Waals surface area contributed by atoms with Crippen LogP contribution in [-0.2, 0) is 28.7 Å². The monoisotopic (exact) mass is 1350 g/mol. The number of Topliss-reactive ketones (excluding diaryl/α,β-unsaturated/α-hetero) is 1. The fraction of sp³-hybridized carbons (Fsp3) is 0.654. The van der Waals surface area contributed by atoms with E-state index in [4.69, 9.17) is 33.9 Å². The van der Waals surface area contributed by atoms with Crippen molar-refractivity contribution < 1.29 is 28.7 Å². The van der Waals surface area contributed by atoms with E-state index in [0.29, 0.717) is 42.6 Å². The van der Waals surface area contributed by atoms with E-state index < -0.39 is 35.6 Å². The molecule has 4 aliphatic rings. The number of nitrogens with zero attached hydrogens (tertiary/aromatic N) is 2. The van der Waals surface area contributed by atoms with E-state index in [1.807, 2.05) is 84.4 Å². The number of carbonyl (C=O) groups excluding carboxylic acids is 4. The number of amides is 3. The number of rotatable bonds is 22. The maximum atomic E-state index is 14.6. The summed E-state index contributed by atoms with van der Waals surface area (Å²) in [5.74, 6) is 1.38. The van der Waals surface area contributed by atoms with Gasteiger partial charge in [0.05, 0.1) is 52.1 Å². The number of ether oxygens (including phenoxy) is 2. The number of hydrogen-bond donors (Lipinski definition) is 4. The van der Waals surface area contributed by atoms with Crippen LogP contribution < -0.4 is 21.3 Å². The van der Waals surface area contributed by atoms with Crippen LogP contribution in [0.5, 0.6) is 0 Å². The molecule has 26 heteroatoms. The molecule has 2 aromatic rings. The molecule has 4 saturated heterocycles. The largest absolute Gasteiger partial charge is 0.381 e. The summed E-state index contributed by atoms with van der Waals surface area (Å²) in [7, 11) is 1.84. The Hall–Kier alpha value is 0.380. The quantitative estimate of drug-likeness (QED) is 0.0660. The van der Waals surface area contributed by atoms with Crippen molar-refractivity contribution in [1.82, 2.24) is 31.1 Å². The first-order chi connectivity index (χ1) is 32.5. The highest BCUT2D eigenvalue weighted by molar-refractivity contribution is 8.00. The van der Waals surface area contributed by atoms with E-state index in [9.17, 15) is 19.2 Å². The maximum absolute atomic E-state index is 14.6. The Bertz CT molecular complexity index is 1930. The molecule has 3 amide bonds. The van der Waals surface area contributed by atoms with Crippen LogP contribution in [0.4, 0.5) is 0 Å². The molecule has 4 heterocycles. The zero-order chi connectivity index (χ0) is 49.2. The van der Waals surface area contributed by atoms with Gasteiger partial charge in [-0.3, -0.25) is 19.2 Å². The number of thiocarbonyl (C=S) groups is 2. The molecule has 0 unspecified atom stereocenters. The SMILES string of the molecule is CC[C@@H](C)C(=S)N[C@H]1CCS[C@H]2CC(C)(C)[C@@H](C(=O)N[C@H](COCCCCOC[C@@H](CC(=O)[C@H]3N4C(=O)[C@@H](NC(=S)[C@H](C)NC)CCS[C@H]4CC3(C)C)c3ccccc3)c3ccccc3)N2C1=O.S.S.S.S.S.S.S.S.S.S. The molecule has 4 aliphatic heterocycles. The van der Waals surface area contributed by atoms with E-state index in [1.54, 1.807) is 23.5 Å². The van der Waals surface area contributed by atoms with E-state index in [0.717, 1.165) is 54.7 Å². The molecule has 0 bridgehead atoms. The zero-order valence-electron chi connectivity index (χ0n) is 46.4. The predicted octanol–water partition coefficient (Wildman–Crippen LogP) is 8.93. The van der Waals surface area contributed by atoms with Crippen molar-refractivity contribution >= 4 is 216 Å². The number of hydrogen-bond acceptors (Lipinski definition) is 11. The van der Waals surface area contributed by atoms with Crippen LogP contribution in [0, 0.1) is 16.7 Å². The lowest BCUT2D eigenvalue weighted by Crippen LogP contribution is -2.57. The number of benzene rings is 2. The Morgan fingerprint density at radius 3 is 1.58 bits per heavy atom. The molecule has 78 heavy (non-hydrogen) atoms. The van der Waals surface area contributed by atoms with Gasteiger partial charge in [0.25, 0.3) is 0 Å². The van der Waals surface area contributed by atoms with E-state index in [1.165, 1.54) is 0 Å². The van der Waals surface area contributed by atoms with Gasteiger partial charge in [-0.15, -0.1) is 23.5 Å². The summed E-state index contributed by atoms with van der Waals surface area (Å²) in [4.78, 5) is 62.5. The summed E-state index contributed by atoms with van der Waals surface area (Å²) in [5, 5.41) is 13.0. The topological polar surface area (TPSA) is 141 Å². The minimum absolute atomic E-state index is 0. The number of thioether (sulfide) groups is 2. The third-order valence-electron chi connectivity index (χ3n) is 14.3. The number of ketones is 1. The summed E-state index contributed by atoms with van der Waals surface area (Å²) < 4.78 is 12.6. The van der Waals surface area contributed by atoms with Gasteiger partial charge in [0.15, 0.2) is 5.78 Å². The van der Waals surface area contributed by atoms with Crippen molar-refractivity contribution in [3.63, 3.8) is 0 Å². The summed E-state index contributed by atoms with van der Waals surface area (Å²) in [6.45, 7) is 16.1. The van der Waals surface area contributed by atoms with Crippen LogP contribution in [0.3, 0.4) is 0 Å². The maximum Gasteiger partial charge on any atom is 0.246 e. The summed E-state index contributed by atoms with van der Waals surface area (Å²) in [6.07, 6.45) is 5.43. The average Bonchev–Trinajstić information content (AvgIpc) is 3.64. The van der Waals surface area contributed by atoms with Crippen LogP contribution in [-0.4, -0.2) is 129 Å². The summed E-state index contributed by atoms with van der Waals surface area (Å²) >= 11 is 14.8. The van der Waals surface area contributed by atoms with Gasteiger partial charge >= 0.3 is 0 Å². The first kappa shape index (κ1) is 87.2. The Kier molecular flexibility index (Phi) is 46.3. The molecule has 2 aromatic carbocycles. The van der Waals surface area contributed by atoms with Crippen LogP contribution in [0.15, 0.2) is 60.7 Å². The lowest BCUT2D eigenvalue weighted by molar-refractivity contribution is -0.142. The second-order valence-electron chi connectivity index (χ2n) is 20.5. The zero-order valence-corrected chi connectivity index (χ0v) is 59.7. The highest BCUT2D eigenvalue weighted by Gasteiger charge is 2.56. The Labute approximate surface area is 557 Å². The van der Waals surface area contributed by atoms with Crippen molar-refractivity contribution in [2.75, 3.05) is 45.0 Å². The summed E-state index contributed by atoms with van der Waals surface area (Å²) in [5.41, 5.74) is 1.14. The molecule has 12 nitrogen and oxygen atoms in total. The molecule has 0 aliphatic carbocycles. The lowest BCUT2D eigenvalue weighted by atomic mass is 9.79. The molecule has 4 N–H and O–H groups in total. The molecule has 6 rings (SSSR count).